The Labute approximate surface area is 170 Å². The third kappa shape index (κ3) is 4.65. The molecule has 0 aliphatic heterocycles. The molecule has 1 atom stereocenters. The number of ether oxygens (including phenoxy) is 1. The van der Waals surface area contributed by atoms with E-state index in [2.05, 4.69) is 25.6 Å². The fourth-order valence-electron chi connectivity index (χ4n) is 2.29. The lowest BCUT2D eigenvalue weighted by molar-refractivity contribution is 0.118. The summed E-state index contributed by atoms with van der Waals surface area (Å²) in [5.41, 5.74) is 6.96. The van der Waals surface area contributed by atoms with Gasteiger partial charge in [-0.3, -0.25) is 10.3 Å². The molecule has 3 rings (SSSR count). The predicted octanol–water partition coefficient (Wildman–Crippen LogP) is 3.38. The number of halogens is 3. The van der Waals surface area contributed by atoms with Crippen LogP contribution in [0.15, 0.2) is 30.6 Å². The summed E-state index contributed by atoms with van der Waals surface area (Å²) in [6.45, 7) is 1.50. The van der Waals surface area contributed by atoms with E-state index in [1.807, 2.05) is 0 Å². The first-order valence-electron chi connectivity index (χ1n) is 7.75. The zero-order valence-electron chi connectivity index (χ0n) is 14.8. The Hall–Kier alpha value is -2.98. The van der Waals surface area contributed by atoms with Gasteiger partial charge < -0.3 is 10.5 Å². The standard InChI is InChI=1S/C16H15ClFN7O2.ClH/c1-8(11-5-9(17)6-21-14(11)18)27-16(26)22-15-13(23-24-25(15)2)12-4-3-10(19)7-20-12;/h3-8H,19H2,1-2H3,(H,22,26);1H/t8-;/m1./s1. The molecule has 3 N–H and O–H groups in total. The predicted molar refractivity (Wildman–Crippen MR) is 104 cm³/mol. The van der Waals surface area contributed by atoms with Crippen molar-refractivity contribution in [3.8, 4) is 11.4 Å². The van der Waals surface area contributed by atoms with Gasteiger partial charge in [0, 0.05) is 18.8 Å². The van der Waals surface area contributed by atoms with Crippen molar-refractivity contribution in [2.24, 2.45) is 7.05 Å². The lowest BCUT2D eigenvalue weighted by atomic mass is 10.2. The molecule has 0 radical (unpaired) electrons. The zero-order chi connectivity index (χ0) is 19.6. The highest BCUT2D eigenvalue weighted by atomic mass is 35.5. The third-order valence-electron chi connectivity index (χ3n) is 3.63. The summed E-state index contributed by atoms with van der Waals surface area (Å²) in [5, 5.41) is 10.6. The molecule has 0 fully saturated rings. The summed E-state index contributed by atoms with van der Waals surface area (Å²) in [4.78, 5) is 19.9. The minimum absolute atomic E-state index is 0. The second-order valence-corrected chi connectivity index (χ2v) is 6.03. The molecule has 3 aromatic heterocycles. The summed E-state index contributed by atoms with van der Waals surface area (Å²) in [7, 11) is 1.59. The number of aromatic nitrogens is 5. The molecule has 3 heterocycles. The average molecular weight is 428 g/mol. The number of hydrogen-bond acceptors (Lipinski definition) is 7. The van der Waals surface area contributed by atoms with Gasteiger partial charge in [0.2, 0.25) is 5.95 Å². The molecule has 0 bridgehead atoms. The van der Waals surface area contributed by atoms with Crippen molar-refractivity contribution >= 4 is 41.6 Å². The van der Waals surface area contributed by atoms with E-state index in [1.54, 1.807) is 19.2 Å². The first-order chi connectivity index (χ1) is 12.8. The lowest BCUT2D eigenvalue weighted by Gasteiger charge is -2.15. The fraction of sp³-hybridized carbons (Fsp3) is 0.188. The van der Waals surface area contributed by atoms with Gasteiger partial charge in [0.1, 0.15) is 6.10 Å². The van der Waals surface area contributed by atoms with E-state index in [1.165, 1.54) is 30.1 Å². The molecule has 0 saturated heterocycles. The van der Waals surface area contributed by atoms with Crippen molar-refractivity contribution in [3.05, 3.63) is 47.1 Å². The highest BCUT2D eigenvalue weighted by Gasteiger charge is 2.21. The molecular formula is C16H16Cl2FN7O2. The van der Waals surface area contributed by atoms with Gasteiger partial charge in [-0.05, 0) is 25.1 Å². The van der Waals surface area contributed by atoms with Crippen LogP contribution in [0.3, 0.4) is 0 Å². The Kier molecular flexibility index (Phi) is 6.71. The highest BCUT2D eigenvalue weighted by molar-refractivity contribution is 6.30. The van der Waals surface area contributed by atoms with Crippen LogP contribution >= 0.6 is 24.0 Å². The number of nitrogens with one attached hydrogen (secondary N) is 1. The third-order valence-corrected chi connectivity index (χ3v) is 3.84. The van der Waals surface area contributed by atoms with Gasteiger partial charge in [0.25, 0.3) is 0 Å². The molecule has 9 nitrogen and oxygen atoms in total. The smallest absolute Gasteiger partial charge is 0.413 e. The van der Waals surface area contributed by atoms with Crippen molar-refractivity contribution in [3.63, 3.8) is 0 Å². The van der Waals surface area contributed by atoms with E-state index in [0.717, 1.165) is 0 Å². The topological polar surface area (TPSA) is 121 Å². The maximum Gasteiger partial charge on any atom is 0.413 e. The number of carbonyl (C=O) groups is 1. The molecule has 0 unspecified atom stereocenters. The first-order valence-corrected chi connectivity index (χ1v) is 8.13. The van der Waals surface area contributed by atoms with Crippen LogP contribution in [-0.2, 0) is 11.8 Å². The number of carbonyl (C=O) groups excluding carboxylic acids is 1. The Morgan fingerprint density at radius 3 is 2.79 bits per heavy atom. The van der Waals surface area contributed by atoms with E-state index < -0.39 is 18.1 Å². The van der Waals surface area contributed by atoms with Gasteiger partial charge in [0.05, 0.1) is 22.6 Å². The van der Waals surface area contributed by atoms with Crippen LogP contribution < -0.4 is 11.1 Å². The minimum Gasteiger partial charge on any atom is -0.441 e. The molecule has 0 aliphatic rings. The number of nitrogens with zero attached hydrogens (tertiary/aromatic N) is 5. The number of nitrogen functional groups attached to an aromatic ring is 1. The van der Waals surface area contributed by atoms with Crippen LogP contribution in [0, 0.1) is 5.95 Å². The number of rotatable bonds is 4. The van der Waals surface area contributed by atoms with Crippen LogP contribution in [0.5, 0.6) is 0 Å². The number of anilines is 2. The van der Waals surface area contributed by atoms with Crippen LogP contribution in [0.25, 0.3) is 11.4 Å². The van der Waals surface area contributed by atoms with E-state index in [4.69, 9.17) is 22.1 Å². The van der Waals surface area contributed by atoms with Crippen LogP contribution in [0.2, 0.25) is 5.02 Å². The fourth-order valence-corrected chi connectivity index (χ4v) is 2.46. The van der Waals surface area contributed by atoms with Gasteiger partial charge in [0.15, 0.2) is 11.5 Å². The normalized spacial score (nSPS) is 11.4. The van der Waals surface area contributed by atoms with Crippen molar-refractivity contribution < 1.29 is 13.9 Å². The van der Waals surface area contributed by atoms with Gasteiger partial charge >= 0.3 is 6.09 Å². The maximum absolute atomic E-state index is 13.8. The molecule has 12 heteroatoms. The lowest BCUT2D eigenvalue weighted by Crippen LogP contribution is -2.19. The van der Waals surface area contributed by atoms with Crippen molar-refractivity contribution in [2.75, 3.05) is 11.1 Å². The van der Waals surface area contributed by atoms with Gasteiger partial charge in [-0.1, -0.05) is 16.8 Å². The summed E-state index contributed by atoms with van der Waals surface area (Å²) in [6.07, 6.45) is 0.878. The van der Waals surface area contributed by atoms with E-state index in [0.29, 0.717) is 17.1 Å². The quantitative estimate of drug-likeness (QED) is 0.611. The highest BCUT2D eigenvalue weighted by Crippen LogP contribution is 2.26. The molecule has 28 heavy (non-hydrogen) atoms. The molecule has 0 aliphatic carbocycles. The summed E-state index contributed by atoms with van der Waals surface area (Å²) in [6, 6.07) is 4.64. The summed E-state index contributed by atoms with van der Waals surface area (Å²) < 4.78 is 20.4. The van der Waals surface area contributed by atoms with E-state index in [-0.39, 0.29) is 28.8 Å². The molecule has 1 amide bonds. The molecule has 0 spiro atoms. The molecule has 3 aromatic rings. The number of pyridine rings is 2. The van der Waals surface area contributed by atoms with Gasteiger partial charge in [-0.15, -0.1) is 17.5 Å². The van der Waals surface area contributed by atoms with E-state index in [9.17, 15) is 9.18 Å². The van der Waals surface area contributed by atoms with Crippen LogP contribution in [0.1, 0.15) is 18.6 Å². The SMILES string of the molecule is C[C@@H](OC(=O)Nc1c(-c2ccc(N)cn2)nnn1C)c1cc(Cl)cnc1F.Cl. The second kappa shape index (κ2) is 8.81. The summed E-state index contributed by atoms with van der Waals surface area (Å²) >= 11 is 5.81. The zero-order valence-corrected chi connectivity index (χ0v) is 16.3. The molecular weight excluding hydrogens is 412 g/mol. The number of aryl methyl sites for hydroxylation is 1. The molecule has 0 saturated carbocycles. The van der Waals surface area contributed by atoms with Crippen LogP contribution in [0.4, 0.5) is 20.7 Å². The largest absolute Gasteiger partial charge is 0.441 e. The Morgan fingerprint density at radius 2 is 2.11 bits per heavy atom. The van der Waals surface area contributed by atoms with Gasteiger partial charge in [-0.2, -0.15) is 4.39 Å². The Morgan fingerprint density at radius 1 is 1.36 bits per heavy atom. The van der Waals surface area contributed by atoms with Crippen molar-refractivity contribution in [1.82, 2.24) is 25.0 Å². The second-order valence-electron chi connectivity index (χ2n) is 5.59. The summed E-state index contributed by atoms with van der Waals surface area (Å²) in [5.74, 6) is -0.511. The first kappa shape index (κ1) is 21.3. The number of nitrogens with two attached hydrogens (primary N) is 1. The maximum atomic E-state index is 13.8. The molecule has 0 aromatic carbocycles. The Bertz CT molecular complexity index is 982. The van der Waals surface area contributed by atoms with Gasteiger partial charge in [-0.25, -0.2) is 14.5 Å². The monoisotopic (exact) mass is 427 g/mol. The van der Waals surface area contributed by atoms with E-state index >= 15 is 0 Å². The van der Waals surface area contributed by atoms with Crippen LogP contribution in [-0.4, -0.2) is 31.1 Å². The Balaban J connectivity index is 0.00000280. The number of amides is 1. The number of hydrogen-bond donors (Lipinski definition) is 2. The van der Waals surface area contributed by atoms with Crippen molar-refractivity contribution in [1.29, 1.82) is 0 Å². The van der Waals surface area contributed by atoms with Crippen molar-refractivity contribution in [2.45, 2.75) is 13.0 Å². The minimum atomic E-state index is -0.921. The average Bonchev–Trinajstić information content (AvgIpc) is 2.98. The molecule has 148 valence electrons.